The second kappa shape index (κ2) is 5.87. The van der Waals surface area contributed by atoms with Crippen molar-refractivity contribution in [3.63, 3.8) is 0 Å². The van der Waals surface area contributed by atoms with Gasteiger partial charge in [0.2, 0.25) is 0 Å². The van der Waals surface area contributed by atoms with Crippen LogP contribution in [-0.2, 0) is 0 Å². The number of hydrogen-bond acceptors (Lipinski definition) is 2. The minimum Gasteiger partial charge on any atom is -0.391 e. The van der Waals surface area contributed by atoms with Gasteiger partial charge in [-0.1, -0.05) is 31.0 Å². The molecule has 0 aliphatic heterocycles. The number of amides is 2. The van der Waals surface area contributed by atoms with E-state index in [1.165, 1.54) is 0 Å². The molecule has 98 valence electrons. The predicted octanol–water partition coefficient (Wildman–Crippen LogP) is 2.45. The largest absolute Gasteiger partial charge is 0.391 e. The molecule has 0 radical (unpaired) electrons. The van der Waals surface area contributed by atoms with Gasteiger partial charge in [0.15, 0.2) is 0 Å². The van der Waals surface area contributed by atoms with Crippen LogP contribution in [0.4, 0.5) is 10.5 Å². The number of urea groups is 1. The summed E-state index contributed by atoms with van der Waals surface area (Å²) in [6.07, 6.45) is 3.38. The van der Waals surface area contributed by atoms with E-state index in [2.05, 4.69) is 5.32 Å². The van der Waals surface area contributed by atoms with E-state index in [1.54, 1.807) is 11.9 Å². The van der Waals surface area contributed by atoms with Gasteiger partial charge in [0, 0.05) is 12.7 Å². The first-order valence-corrected chi connectivity index (χ1v) is 6.45. The van der Waals surface area contributed by atoms with E-state index < -0.39 is 6.10 Å². The second-order valence-electron chi connectivity index (χ2n) is 4.83. The van der Waals surface area contributed by atoms with E-state index in [9.17, 15) is 9.90 Å². The first-order chi connectivity index (χ1) is 8.68. The number of carbonyl (C=O) groups is 1. The minimum atomic E-state index is -0.398. The molecule has 2 atom stereocenters. The molecule has 1 aromatic rings. The first kappa shape index (κ1) is 12.9. The number of hydrogen-bond donors (Lipinski definition) is 2. The molecule has 2 rings (SSSR count). The normalized spacial score (nSPS) is 23.4. The van der Waals surface area contributed by atoms with E-state index in [1.807, 2.05) is 30.3 Å². The van der Waals surface area contributed by atoms with Crippen molar-refractivity contribution in [2.24, 2.45) is 0 Å². The van der Waals surface area contributed by atoms with Gasteiger partial charge < -0.3 is 15.3 Å². The molecule has 0 heterocycles. The summed E-state index contributed by atoms with van der Waals surface area (Å²) in [4.78, 5) is 13.7. The Bertz CT molecular complexity index is 394. The number of nitrogens with one attached hydrogen (secondary N) is 1. The highest BCUT2D eigenvalue weighted by Gasteiger charge is 2.29. The summed E-state index contributed by atoms with van der Waals surface area (Å²) >= 11 is 0. The van der Waals surface area contributed by atoms with E-state index in [0.29, 0.717) is 0 Å². The first-order valence-electron chi connectivity index (χ1n) is 6.45. The average molecular weight is 248 g/mol. The summed E-state index contributed by atoms with van der Waals surface area (Å²) in [5, 5.41) is 12.8. The lowest BCUT2D eigenvalue weighted by atomic mass is 9.92. The molecule has 18 heavy (non-hydrogen) atoms. The third-order valence-corrected chi connectivity index (χ3v) is 3.54. The Hall–Kier alpha value is -1.55. The molecule has 0 unspecified atom stereocenters. The maximum atomic E-state index is 12.1. The fourth-order valence-electron chi connectivity index (χ4n) is 2.43. The fourth-order valence-corrected chi connectivity index (χ4v) is 2.43. The van der Waals surface area contributed by atoms with E-state index in [-0.39, 0.29) is 12.1 Å². The van der Waals surface area contributed by atoms with Crippen molar-refractivity contribution in [3.8, 4) is 0 Å². The quantitative estimate of drug-likeness (QED) is 0.844. The monoisotopic (exact) mass is 248 g/mol. The molecule has 0 saturated heterocycles. The molecule has 1 aliphatic carbocycles. The zero-order valence-electron chi connectivity index (χ0n) is 10.7. The van der Waals surface area contributed by atoms with Crippen LogP contribution in [0.1, 0.15) is 25.7 Å². The fraction of sp³-hybridized carbons (Fsp3) is 0.500. The smallest absolute Gasteiger partial charge is 0.321 e. The van der Waals surface area contributed by atoms with Gasteiger partial charge in [-0.2, -0.15) is 0 Å². The summed E-state index contributed by atoms with van der Waals surface area (Å²) in [6.45, 7) is 0. The minimum absolute atomic E-state index is 0.0672. The number of anilines is 1. The maximum Gasteiger partial charge on any atom is 0.321 e. The Kier molecular flexibility index (Phi) is 4.20. The Morgan fingerprint density at radius 3 is 2.61 bits per heavy atom. The number of benzene rings is 1. The average Bonchev–Trinajstić information content (AvgIpc) is 2.39. The Morgan fingerprint density at radius 1 is 1.28 bits per heavy atom. The van der Waals surface area contributed by atoms with Crippen LogP contribution in [0.25, 0.3) is 0 Å². The lowest BCUT2D eigenvalue weighted by Gasteiger charge is -2.35. The van der Waals surface area contributed by atoms with Crippen molar-refractivity contribution in [1.82, 2.24) is 4.90 Å². The molecular weight excluding hydrogens is 228 g/mol. The molecule has 0 spiro atoms. The van der Waals surface area contributed by atoms with Crippen molar-refractivity contribution in [3.05, 3.63) is 30.3 Å². The summed E-state index contributed by atoms with van der Waals surface area (Å²) in [7, 11) is 1.75. The summed E-state index contributed by atoms with van der Waals surface area (Å²) in [5.41, 5.74) is 0.777. The van der Waals surface area contributed by atoms with Gasteiger partial charge in [0.05, 0.1) is 12.1 Å². The summed E-state index contributed by atoms with van der Waals surface area (Å²) < 4.78 is 0. The number of likely N-dealkylation sites (N-methyl/N-ethyl adjacent to an activating group) is 1. The number of nitrogens with zero attached hydrogens (tertiary/aromatic N) is 1. The van der Waals surface area contributed by atoms with E-state index in [4.69, 9.17) is 0 Å². The van der Waals surface area contributed by atoms with Gasteiger partial charge >= 0.3 is 6.03 Å². The Labute approximate surface area is 108 Å². The summed E-state index contributed by atoms with van der Waals surface area (Å²) in [5.74, 6) is 0. The van der Waals surface area contributed by atoms with Crippen molar-refractivity contribution < 1.29 is 9.90 Å². The van der Waals surface area contributed by atoms with Gasteiger partial charge in [-0.3, -0.25) is 0 Å². The van der Waals surface area contributed by atoms with Crippen molar-refractivity contribution in [2.75, 3.05) is 12.4 Å². The van der Waals surface area contributed by atoms with Crippen molar-refractivity contribution in [1.29, 1.82) is 0 Å². The SMILES string of the molecule is CN(C(=O)Nc1ccccc1)[C@H]1CCCC[C@@H]1O. The third-order valence-electron chi connectivity index (χ3n) is 3.54. The number of carbonyl (C=O) groups excluding carboxylic acids is 1. The molecule has 0 aromatic heterocycles. The number of para-hydroxylation sites is 1. The maximum absolute atomic E-state index is 12.1. The Balaban J connectivity index is 1.96. The van der Waals surface area contributed by atoms with Gasteiger partial charge in [-0.05, 0) is 25.0 Å². The highest BCUT2D eigenvalue weighted by atomic mass is 16.3. The number of aliphatic hydroxyl groups excluding tert-OH is 1. The van der Waals surface area contributed by atoms with Crippen LogP contribution in [0.15, 0.2) is 30.3 Å². The van der Waals surface area contributed by atoms with E-state index >= 15 is 0 Å². The molecule has 1 aliphatic rings. The standard InChI is InChI=1S/C14H20N2O2/c1-16(12-9-5-6-10-13(12)17)14(18)15-11-7-3-2-4-8-11/h2-4,7-8,12-13,17H,5-6,9-10H2,1H3,(H,15,18)/t12-,13-/m0/s1. The van der Waals surface area contributed by atoms with E-state index in [0.717, 1.165) is 31.4 Å². The van der Waals surface area contributed by atoms with Gasteiger partial charge in [-0.25, -0.2) is 4.79 Å². The second-order valence-corrected chi connectivity index (χ2v) is 4.83. The molecule has 0 bridgehead atoms. The van der Waals surface area contributed by atoms with Crippen LogP contribution >= 0.6 is 0 Å². The Morgan fingerprint density at radius 2 is 1.94 bits per heavy atom. The van der Waals surface area contributed by atoms with Gasteiger partial charge in [0.1, 0.15) is 0 Å². The molecule has 4 heteroatoms. The third kappa shape index (κ3) is 3.01. The number of rotatable bonds is 2. The highest BCUT2D eigenvalue weighted by molar-refractivity contribution is 5.89. The molecule has 1 fully saturated rings. The molecular formula is C14H20N2O2. The lowest BCUT2D eigenvalue weighted by molar-refractivity contribution is 0.0494. The van der Waals surface area contributed by atoms with Gasteiger partial charge in [-0.15, -0.1) is 0 Å². The van der Waals surface area contributed by atoms with Crippen LogP contribution in [-0.4, -0.2) is 35.2 Å². The molecule has 2 N–H and O–H groups in total. The molecule has 1 saturated carbocycles. The number of aliphatic hydroxyl groups is 1. The topological polar surface area (TPSA) is 52.6 Å². The highest BCUT2D eigenvalue weighted by Crippen LogP contribution is 2.22. The van der Waals surface area contributed by atoms with Crippen molar-refractivity contribution in [2.45, 2.75) is 37.8 Å². The zero-order valence-corrected chi connectivity index (χ0v) is 10.7. The zero-order chi connectivity index (χ0) is 13.0. The van der Waals surface area contributed by atoms with Gasteiger partial charge in [0.25, 0.3) is 0 Å². The summed E-state index contributed by atoms with van der Waals surface area (Å²) in [6, 6.07) is 9.14. The van der Waals surface area contributed by atoms with Crippen LogP contribution in [0.3, 0.4) is 0 Å². The lowest BCUT2D eigenvalue weighted by Crippen LogP contribution is -2.47. The molecule has 4 nitrogen and oxygen atoms in total. The van der Waals surface area contributed by atoms with Crippen LogP contribution in [0.5, 0.6) is 0 Å². The van der Waals surface area contributed by atoms with Crippen molar-refractivity contribution >= 4 is 11.7 Å². The molecule has 2 amide bonds. The van der Waals surface area contributed by atoms with Crippen LogP contribution in [0, 0.1) is 0 Å². The predicted molar refractivity (Wildman–Crippen MR) is 71.5 cm³/mol. The van der Waals surface area contributed by atoms with Crippen LogP contribution in [0.2, 0.25) is 0 Å². The molecule has 1 aromatic carbocycles. The van der Waals surface area contributed by atoms with Crippen LogP contribution < -0.4 is 5.32 Å².